The van der Waals surface area contributed by atoms with Crippen molar-refractivity contribution in [3.8, 4) is 22.3 Å². The zero-order valence-corrected chi connectivity index (χ0v) is 21.4. The van der Waals surface area contributed by atoms with Crippen molar-refractivity contribution in [1.82, 2.24) is 0 Å². The molecule has 0 amide bonds. The van der Waals surface area contributed by atoms with E-state index in [1.54, 1.807) is 18.2 Å². The maximum absolute atomic E-state index is 13.4. The lowest BCUT2D eigenvalue weighted by molar-refractivity contribution is 0.0815. The monoisotopic (exact) mass is 506 g/mol. The standard InChI is InChI=1S/C35H22O4/c1-18(2)20-10-6-12-24-29-27(38-34(20)24)17-16-22-30(29)31-23(33(37)32(22)36)14-15-25-28-21(19-8-4-3-5-9-19)11-7-13-26(28)39-35(25)31/h3-18H,1-2H3. The summed E-state index contributed by atoms with van der Waals surface area (Å²) in [4.78, 5) is 26.8. The average Bonchev–Trinajstić information content (AvgIpc) is 3.54. The van der Waals surface area contributed by atoms with Gasteiger partial charge in [-0.15, -0.1) is 0 Å². The number of benzene rings is 5. The van der Waals surface area contributed by atoms with Crippen molar-refractivity contribution < 1.29 is 18.4 Å². The van der Waals surface area contributed by atoms with E-state index >= 15 is 0 Å². The summed E-state index contributed by atoms with van der Waals surface area (Å²) in [7, 11) is 0. The number of hydrogen-bond donors (Lipinski definition) is 0. The van der Waals surface area contributed by atoms with Gasteiger partial charge in [0, 0.05) is 43.8 Å². The molecule has 0 N–H and O–H groups in total. The fourth-order valence-corrected chi connectivity index (χ4v) is 6.24. The van der Waals surface area contributed by atoms with Crippen molar-refractivity contribution in [1.29, 1.82) is 0 Å². The van der Waals surface area contributed by atoms with E-state index in [1.807, 2.05) is 48.5 Å². The number of carbonyl (C=O) groups is 2. The first kappa shape index (κ1) is 22.1. The molecule has 5 aromatic carbocycles. The number of rotatable bonds is 2. The first-order chi connectivity index (χ1) is 19.0. The Kier molecular flexibility index (Phi) is 4.40. The minimum absolute atomic E-state index is 0.263. The summed E-state index contributed by atoms with van der Waals surface area (Å²) in [5.74, 6) is -0.758. The van der Waals surface area contributed by atoms with E-state index in [0.29, 0.717) is 33.4 Å². The summed E-state index contributed by atoms with van der Waals surface area (Å²) in [6.07, 6.45) is 0. The second-order valence-electron chi connectivity index (χ2n) is 10.5. The van der Waals surface area contributed by atoms with E-state index in [2.05, 4.69) is 38.1 Å². The Balaban J connectivity index is 1.55. The molecule has 0 radical (unpaired) electrons. The van der Waals surface area contributed by atoms with Crippen LogP contribution >= 0.6 is 0 Å². The highest BCUT2D eigenvalue weighted by Gasteiger charge is 2.36. The average molecular weight is 507 g/mol. The summed E-state index contributed by atoms with van der Waals surface area (Å²) in [5.41, 5.74) is 8.18. The van der Waals surface area contributed by atoms with E-state index in [-0.39, 0.29) is 5.92 Å². The normalized spacial score (nSPS) is 13.2. The Bertz CT molecular complexity index is 2170. The molecule has 1 aliphatic rings. The van der Waals surface area contributed by atoms with Gasteiger partial charge in [-0.05, 0) is 52.9 Å². The van der Waals surface area contributed by atoms with Gasteiger partial charge in [-0.1, -0.05) is 74.5 Å². The molecule has 0 unspecified atom stereocenters. The molecule has 0 fully saturated rings. The minimum atomic E-state index is -0.516. The predicted octanol–water partition coefficient (Wildman–Crippen LogP) is 9.32. The second kappa shape index (κ2) is 7.78. The fourth-order valence-electron chi connectivity index (χ4n) is 6.24. The van der Waals surface area contributed by atoms with Gasteiger partial charge in [0.25, 0.3) is 0 Å². The quantitative estimate of drug-likeness (QED) is 0.219. The molecule has 4 nitrogen and oxygen atoms in total. The largest absolute Gasteiger partial charge is 0.456 e. The summed E-state index contributed by atoms with van der Waals surface area (Å²) in [6.45, 7) is 4.27. The van der Waals surface area contributed by atoms with Gasteiger partial charge >= 0.3 is 0 Å². The number of carbonyl (C=O) groups excluding carboxylic acids is 2. The van der Waals surface area contributed by atoms with Crippen molar-refractivity contribution in [2.75, 3.05) is 0 Å². The third kappa shape index (κ3) is 2.89. The molecule has 8 rings (SSSR count). The number of fused-ring (bicyclic) bond motifs is 11. The van der Waals surface area contributed by atoms with Gasteiger partial charge in [-0.2, -0.15) is 0 Å². The molecule has 0 spiro atoms. The van der Waals surface area contributed by atoms with Gasteiger partial charge < -0.3 is 8.83 Å². The van der Waals surface area contributed by atoms with Crippen LogP contribution in [0.5, 0.6) is 0 Å². The summed E-state index contributed by atoms with van der Waals surface area (Å²) < 4.78 is 13.0. The Labute approximate surface area is 223 Å². The molecule has 0 saturated heterocycles. The van der Waals surface area contributed by atoms with Crippen molar-refractivity contribution in [3.05, 3.63) is 108 Å². The van der Waals surface area contributed by atoms with Crippen LogP contribution in [0.2, 0.25) is 0 Å². The molecule has 7 aromatic rings. The van der Waals surface area contributed by atoms with E-state index in [9.17, 15) is 9.59 Å². The Morgan fingerprint density at radius 2 is 1.21 bits per heavy atom. The van der Waals surface area contributed by atoms with Crippen LogP contribution in [-0.4, -0.2) is 11.6 Å². The highest BCUT2D eigenvalue weighted by molar-refractivity contribution is 6.54. The Morgan fingerprint density at radius 3 is 2.00 bits per heavy atom. The lowest BCUT2D eigenvalue weighted by Gasteiger charge is -2.19. The number of furan rings is 2. The maximum Gasteiger partial charge on any atom is 0.234 e. The van der Waals surface area contributed by atoms with E-state index in [1.165, 1.54) is 0 Å². The molecule has 0 saturated carbocycles. The molecule has 0 bridgehead atoms. The van der Waals surface area contributed by atoms with E-state index < -0.39 is 11.6 Å². The molecule has 39 heavy (non-hydrogen) atoms. The number of para-hydroxylation sites is 1. The molecule has 0 aliphatic heterocycles. The van der Waals surface area contributed by atoms with Gasteiger partial charge in [0.1, 0.15) is 22.3 Å². The van der Waals surface area contributed by atoms with E-state index in [0.717, 1.165) is 49.4 Å². The van der Waals surface area contributed by atoms with Gasteiger partial charge in [0.2, 0.25) is 11.6 Å². The zero-order chi connectivity index (χ0) is 26.4. The Morgan fingerprint density at radius 1 is 0.538 bits per heavy atom. The lowest BCUT2D eigenvalue weighted by Crippen LogP contribution is -2.21. The molecule has 186 valence electrons. The fraction of sp³-hybridized carbons (Fsp3) is 0.0857. The number of ketones is 2. The number of hydrogen-bond acceptors (Lipinski definition) is 4. The molecular formula is C35H22O4. The summed E-state index contributed by atoms with van der Waals surface area (Å²) in [6, 6.07) is 29.6. The van der Waals surface area contributed by atoms with Crippen LogP contribution in [0.3, 0.4) is 0 Å². The number of Topliss-reactive ketones (excluding diaryl/α,β-unsaturated/α-hetero) is 2. The Hall–Kier alpha value is -4.96. The van der Waals surface area contributed by atoms with Gasteiger partial charge in [0.05, 0.1) is 0 Å². The van der Waals surface area contributed by atoms with Crippen LogP contribution in [0.15, 0.2) is 99.8 Å². The lowest BCUT2D eigenvalue weighted by atomic mass is 9.80. The molecule has 0 atom stereocenters. The third-order valence-corrected chi connectivity index (χ3v) is 8.01. The van der Waals surface area contributed by atoms with Crippen LogP contribution in [-0.2, 0) is 0 Å². The minimum Gasteiger partial charge on any atom is -0.456 e. The maximum atomic E-state index is 13.4. The van der Waals surface area contributed by atoms with Crippen molar-refractivity contribution in [3.63, 3.8) is 0 Å². The molecule has 2 aromatic heterocycles. The van der Waals surface area contributed by atoms with Gasteiger partial charge in [-0.25, -0.2) is 0 Å². The van der Waals surface area contributed by atoms with Gasteiger partial charge in [-0.3, -0.25) is 9.59 Å². The molecule has 4 heteroatoms. The first-order valence-corrected chi connectivity index (χ1v) is 13.1. The highest BCUT2D eigenvalue weighted by Crippen LogP contribution is 2.49. The molecular weight excluding hydrogens is 484 g/mol. The molecule has 2 heterocycles. The van der Waals surface area contributed by atoms with Crippen LogP contribution in [0.4, 0.5) is 0 Å². The predicted molar refractivity (Wildman–Crippen MR) is 155 cm³/mol. The molecule has 1 aliphatic carbocycles. The van der Waals surface area contributed by atoms with Gasteiger partial charge in [0.15, 0.2) is 0 Å². The third-order valence-electron chi connectivity index (χ3n) is 8.01. The summed E-state index contributed by atoms with van der Waals surface area (Å²) >= 11 is 0. The van der Waals surface area contributed by atoms with E-state index in [4.69, 9.17) is 8.83 Å². The second-order valence-corrected chi connectivity index (χ2v) is 10.5. The topological polar surface area (TPSA) is 60.4 Å². The summed E-state index contributed by atoms with van der Waals surface area (Å²) in [5, 5.41) is 3.66. The zero-order valence-electron chi connectivity index (χ0n) is 21.4. The smallest absolute Gasteiger partial charge is 0.234 e. The van der Waals surface area contributed by atoms with Crippen LogP contribution in [0.25, 0.3) is 66.1 Å². The van der Waals surface area contributed by atoms with Crippen molar-refractivity contribution in [2.45, 2.75) is 19.8 Å². The van der Waals surface area contributed by atoms with Crippen molar-refractivity contribution >= 4 is 55.4 Å². The van der Waals surface area contributed by atoms with Crippen molar-refractivity contribution in [2.24, 2.45) is 0 Å². The van der Waals surface area contributed by atoms with Crippen LogP contribution in [0.1, 0.15) is 46.0 Å². The van der Waals surface area contributed by atoms with Crippen LogP contribution < -0.4 is 0 Å². The highest BCUT2D eigenvalue weighted by atomic mass is 16.3. The SMILES string of the molecule is CC(C)c1cccc2c1oc1ccc3c(c12)-c1c(ccc2c1oc1cccc(-c4ccccc4)c12)C(=O)C3=O. The van der Waals surface area contributed by atoms with Crippen LogP contribution in [0, 0.1) is 0 Å². The first-order valence-electron chi connectivity index (χ1n) is 13.1.